The highest BCUT2D eigenvalue weighted by Gasteiger charge is 2.23. The average Bonchev–Trinajstić information content (AvgIpc) is 2.56. The summed E-state index contributed by atoms with van der Waals surface area (Å²) in [7, 11) is 0. The van der Waals surface area contributed by atoms with Gasteiger partial charge in [-0.25, -0.2) is 15.0 Å². The zero-order chi connectivity index (χ0) is 15.4. The van der Waals surface area contributed by atoms with E-state index in [2.05, 4.69) is 25.2 Å². The molecule has 2 aromatic heterocycles. The molecule has 1 atom stereocenters. The number of hydrogen-bond donors (Lipinski definition) is 1. The van der Waals surface area contributed by atoms with Crippen molar-refractivity contribution in [2.45, 2.75) is 25.8 Å². The van der Waals surface area contributed by atoms with Gasteiger partial charge in [0, 0.05) is 37.2 Å². The van der Waals surface area contributed by atoms with Gasteiger partial charge < -0.3 is 10.2 Å². The number of amides is 1. The molecule has 0 unspecified atom stereocenters. The fourth-order valence-corrected chi connectivity index (χ4v) is 2.66. The van der Waals surface area contributed by atoms with E-state index in [0.29, 0.717) is 5.69 Å². The fraction of sp³-hybridized carbons (Fsp3) is 0.375. The van der Waals surface area contributed by atoms with Crippen LogP contribution in [-0.2, 0) is 0 Å². The molecule has 1 saturated heterocycles. The van der Waals surface area contributed by atoms with Crippen molar-refractivity contribution in [1.82, 2.24) is 20.3 Å². The Kier molecular flexibility index (Phi) is 4.27. The standard InChI is InChI=1S/C16H19N5O/c1-12-5-2-7-14(19-12)15(22)20-13-6-3-10-21(11-13)16-17-8-4-9-18-16/h2,4-5,7-9,13H,3,6,10-11H2,1H3,(H,20,22)/t13-/m1/s1. The van der Waals surface area contributed by atoms with Gasteiger partial charge in [-0.05, 0) is 38.0 Å². The lowest BCUT2D eigenvalue weighted by atomic mass is 10.1. The van der Waals surface area contributed by atoms with Crippen molar-refractivity contribution in [3.05, 3.63) is 48.0 Å². The molecule has 0 saturated carbocycles. The molecule has 6 nitrogen and oxygen atoms in total. The smallest absolute Gasteiger partial charge is 0.270 e. The van der Waals surface area contributed by atoms with E-state index in [1.165, 1.54) is 0 Å². The molecule has 3 heterocycles. The Labute approximate surface area is 129 Å². The second kappa shape index (κ2) is 6.51. The SMILES string of the molecule is Cc1cccc(C(=O)N[C@@H]2CCCN(c3ncccn3)C2)n1. The van der Waals surface area contributed by atoms with Crippen LogP contribution in [0.25, 0.3) is 0 Å². The van der Waals surface area contributed by atoms with Crippen molar-refractivity contribution in [1.29, 1.82) is 0 Å². The molecule has 1 amide bonds. The summed E-state index contributed by atoms with van der Waals surface area (Å²) in [6.45, 7) is 3.52. The Morgan fingerprint density at radius 3 is 2.86 bits per heavy atom. The molecule has 1 aliphatic heterocycles. The summed E-state index contributed by atoms with van der Waals surface area (Å²) >= 11 is 0. The molecule has 0 spiro atoms. The van der Waals surface area contributed by atoms with Gasteiger partial charge in [-0.2, -0.15) is 0 Å². The topological polar surface area (TPSA) is 71.0 Å². The third-order valence-electron chi connectivity index (χ3n) is 3.71. The van der Waals surface area contributed by atoms with Crippen LogP contribution in [0.1, 0.15) is 29.0 Å². The second-order valence-corrected chi connectivity index (χ2v) is 5.47. The number of carbonyl (C=O) groups is 1. The highest BCUT2D eigenvalue weighted by Crippen LogP contribution is 2.15. The van der Waals surface area contributed by atoms with Gasteiger partial charge in [-0.1, -0.05) is 6.07 Å². The molecular weight excluding hydrogens is 278 g/mol. The molecule has 6 heteroatoms. The lowest BCUT2D eigenvalue weighted by Crippen LogP contribution is -2.48. The van der Waals surface area contributed by atoms with Crippen LogP contribution in [0.2, 0.25) is 0 Å². The largest absolute Gasteiger partial charge is 0.346 e. The van der Waals surface area contributed by atoms with Crippen LogP contribution in [0.4, 0.5) is 5.95 Å². The maximum absolute atomic E-state index is 12.3. The Morgan fingerprint density at radius 1 is 1.27 bits per heavy atom. The van der Waals surface area contributed by atoms with Crippen molar-refractivity contribution >= 4 is 11.9 Å². The minimum atomic E-state index is -0.121. The monoisotopic (exact) mass is 297 g/mol. The van der Waals surface area contributed by atoms with Gasteiger partial charge in [0.2, 0.25) is 5.95 Å². The molecule has 22 heavy (non-hydrogen) atoms. The van der Waals surface area contributed by atoms with Crippen molar-refractivity contribution in [2.24, 2.45) is 0 Å². The van der Waals surface area contributed by atoms with Crippen LogP contribution in [-0.4, -0.2) is 40.0 Å². The third kappa shape index (κ3) is 3.39. The Bertz CT molecular complexity index is 646. The normalized spacial score (nSPS) is 18.0. The van der Waals surface area contributed by atoms with Crippen LogP contribution in [0.3, 0.4) is 0 Å². The number of rotatable bonds is 3. The highest BCUT2D eigenvalue weighted by molar-refractivity contribution is 5.92. The number of carbonyl (C=O) groups excluding carboxylic acids is 1. The number of aryl methyl sites for hydroxylation is 1. The first-order valence-electron chi connectivity index (χ1n) is 7.49. The molecule has 1 aliphatic rings. The van der Waals surface area contributed by atoms with E-state index in [1.807, 2.05) is 19.1 Å². The maximum atomic E-state index is 12.3. The second-order valence-electron chi connectivity index (χ2n) is 5.47. The summed E-state index contributed by atoms with van der Waals surface area (Å²) in [5.74, 6) is 0.597. The van der Waals surface area contributed by atoms with Crippen LogP contribution in [0, 0.1) is 6.92 Å². The van der Waals surface area contributed by atoms with Gasteiger partial charge in [0.15, 0.2) is 0 Å². The quantitative estimate of drug-likeness (QED) is 0.931. The molecule has 0 radical (unpaired) electrons. The number of hydrogen-bond acceptors (Lipinski definition) is 5. The predicted octanol–water partition coefficient (Wildman–Crippen LogP) is 1.58. The van der Waals surface area contributed by atoms with Crippen LogP contribution in [0.5, 0.6) is 0 Å². The zero-order valence-electron chi connectivity index (χ0n) is 12.6. The van der Waals surface area contributed by atoms with E-state index in [9.17, 15) is 4.79 Å². The van der Waals surface area contributed by atoms with E-state index in [0.717, 1.165) is 37.6 Å². The Hall–Kier alpha value is -2.50. The first kappa shape index (κ1) is 14.4. The number of nitrogens with zero attached hydrogens (tertiary/aromatic N) is 4. The first-order chi connectivity index (χ1) is 10.7. The van der Waals surface area contributed by atoms with E-state index >= 15 is 0 Å². The minimum Gasteiger partial charge on any atom is -0.346 e. The summed E-state index contributed by atoms with van der Waals surface area (Å²) < 4.78 is 0. The van der Waals surface area contributed by atoms with Gasteiger partial charge in [-0.3, -0.25) is 4.79 Å². The summed E-state index contributed by atoms with van der Waals surface area (Å²) in [5, 5.41) is 3.06. The molecule has 1 fully saturated rings. The van der Waals surface area contributed by atoms with E-state index in [-0.39, 0.29) is 11.9 Å². The molecule has 3 rings (SSSR count). The van der Waals surface area contributed by atoms with Gasteiger partial charge in [0.25, 0.3) is 5.91 Å². The summed E-state index contributed by atoms with van der Waals surface area (Å²) in [4.78, 5) is 27.2. The lowest BCUT2D eigenvalue weighted by Gasteiger charge is -2.33. The number of anilines is 1. The van der Waals surface area contributed by atoms with Crippen LogP contribution >= 0.6 is 0 Å². The molecule has 0 aliphatic carbocycles. The van der Waals surface area contributed by atoms with E-state index < -0.39 is 0 Å². The third-order valence-corrected chi connectivity index (χ3v) is 3.71. The summed E-state index contributed by atoms with van der Waals surface area (Å²) in [5.41, 5.74) is 1.31. The van der Waals surface area contributed by atoms with E-state index in [1.54, 1.807) is 24.5 Å². The minimum absolute atomic E-state index is 0.0902. The van der Waals surface area contributed by atoms with Crippen molar-refractivity contribution in [2.75, 3.05) is 18.0 Å². The lowest BCUT2D eigenvalue weighted by molar-refractivity contribution is 0.0928. The van der Waals surface area contributed by atoms with Crippen molar-refractivity contribution < 1.29 is 4.79 Å². The molecule has 114 valence electrons. The zero-order valence-corrected chi connectivity index (χ0v) is 12.6. The molecule has 0 bridgehead atoms. The molecular formula is C16H19N5O. The summed E-state index contributed by atoms with van der Waals surface area (Å²) in [6.07, 6.45) is 5.44. The first-order valence-corrected chi connectivity index (χ1v) is 7.49. The fourth-order valence-electron chi connectivity index (χ4n) is 2.66. The van der Waals surface area contributed by atoms with E-state index in [4.69, 9.17) is 0 Å². The molecule has 0 aromatic carbocycles. The predicted molar refractivity (Wildman–Crippen MR) is 83.7 cm³/mol. The molecule has 1 N–H and O–H groups in total. The van der Waals surface area contributed by atoms with Crippen LogP contribution in [0.15, 0.2) is 36.7 Å². The van der Waals surface area contributed by atoms with Gasteiger partial charge >= 0.3 is 0 Å². The van der Waals surface area contributed by atoms with Gasteiger partial charge in [0.05, 0.1) is 0 Å². The van der Waals surface area contributed by atoms with Crippen molar-refractivity contribution in [3.8, 4) is 0 Å². The average molecular weight is 297 g/mol. The van der Waals surface area contributed by atoms with Crippen LogP contribution < -0.4 is 10.2 Å². The number of aromatic nitrogens is 3. The number of pyridine rings is 1. The number of nitrogens with one attached hydrogen (secondary N) is 1. The van der Waals surface area contributed by atoms with Gasteiger partial charge in [-0.15, -0.1) is 0 Å². The number of piperidine rings is 1. The maximum Gasteiger partial charge on any atom is 0.270 e. The highest BCUT2D eigenvalue weighted by atomic mass is 16.1. The molecule has 2 aromatic rings. The Balaban J connectivity index is 1.64. The summed E-state index contributed by atoms with van der Waals surface area (Å²) in [6, 6.07) is 7.36. The Morgan fingerprint density at radius 2 is 2.09 bits per heavy atom. The van der Waals surface area contributed by atoms with Gasteiger partial charge in [0.1, 0.15) is 5.69 Å². The van der Waals surface area contributed by atoms with Crippen molar-refractivity contribution in [3.63, 3.8) is 0 Å².